The first kappa shape index (κ1) is 19.3. The van der Waals surface area contributed by atoms with Gasteiger partial charge < -0.3 is 13.3 Å². The first-order chi connectivity index (χ1) is 9.02. The van der Waals surface area contributed by atoms with E-state index in [1.54, 1.807) is 0 Å². The maximum Gasteiger partial charge on any atom is 0.340 e. The van der Waals surface area contributed by atoms with Gasteiger partial charge in [-0.2, -0.15) is 0 Å². The summed E-state index contributed by atoms with van der Waals surface area (Å²) in [7, 11) is -3.92. The van der Waals surface area contributed by atoms with E-state index in [4.69, 9.17) is 13.3 Å². The van der Waals surface area contributed by atoms with Gasteiger partial charge in [0.2, 0.25) is 0 Å². The van der Waals surface area contributed by atoms with Crippen molar-refractivity contribution in [1.29, 1.82) is 0 Å². The van der Waals surface area contributed by atoms with Crippen molar-refractivity contribution >= 4 is 16.9 Å². The molecule has 0 bridgehead atoms. The summed E-state index contributed by atoms with van der Waals surface area (Å²) < 4.78 is 18.7. The van der Waals surface area contributed by atoms with E-state index in [1.165, 1.54) is 0 Å². The fraction of sp³-hybridized carbons (Fsp3) is 1.00. The average molecular weight is 307 g/mol. The van der Waals surface area contributed by atoms with E-state index >= 15 is 0 Å². The highest BCUT2D eigenvalue weighted by Crippen LogP contribution is 2.40. The molecule has 0 spiro atoms. The van der Waals surface area contributed by atoms with Crippen LogP contribution in [-0.4, -0.2) is 36.7 Å². The SMILES string of the molecule is CCO[Si](CC)(CC)C(C)[Si](CC)(OCC)OCC. The molecule has 19 heavy (non-hydrogen) atoms. The van der Waals surface area contributed by atoms with Crippen LogP contribution in [0.25, 0.3) is 0 Å². The molecule has 0 aliphatic rings. The quantitative estimate of drug-likeness (QED) is 0.527. The maximum atomic E-state index is 6.30. The van der Waals surface area contributed by atoms with Gasteiger partial charge in [0, 0.05) is 25.0 Å². The second kappa shape index (κ2) is 9.29. The second-order valence-electron chi connectivity index (χ2n) is 4.96. The van der Waals surface area contributed by atoms with Crippen LogP contribution in [0.2, 0.25) is 23.3 Å². The van der Waals surface area contributed by atoms with Crippen LogP contribution >= 0.6 is 0 Å². The summed E-state index contributed by atoms with van der Waals surface area (Å²) in [6, 6.07) is 3.30. The standard InChI is InChI=1S/C14H34O3Si2/c1-8-15-18(11-4,12-5)14(7)19(13-6,16-9-2)17-10-3/h14H,8-13H2,1-7H3. The third kappa shape index (κ3) is 4.39. The second-order valence-corrected chi connectivity index (χ2v) is 14.0. The molecule has 0 radical (unpaired) electrons. The number of hydrogen-bond donors (Lipinski definition) is 0. The number of hydrogen-bond acceptors (Lipinski definition) is 3. The minimum atomic E-state index is -2.15. The Morgan fingerprint density at radius 3 is 1.37 bits per heavy atom. The monoisotopic (exact) mass is 306 g/mol. The molecule has 5 heteroatoms. The van der Waals surface area contributed by atoms with Crippen LogP contribution in [0.4, 0.5) is 0 Å². The van der Waals surface area contributed by atoms with Crippen molar-refractivity contribution < 1.29 is 13.3 Å². The molecular weight excluding hydrogens is 272 g/mol. The lowest BCUT2D eigenvalue weighted by Crippen LogP contribution is -2.57. The molecule has 0 aromatic rings. The Bertz CT molecular complexity index is 227. The first-order valence-corrected chi connectivity index (χ1v) is 12.4. The minimum absolute atomic E-state index is 0.472. The van der Waals surface area contributed by atoms with Gasteiger partial charge in [-0.15, -0.1) is 0 Å². The van der Waals surface area contributed by atoms with E-state index in [2.05, 4.69) is 48.5 Å². The van der Waals surface area contributed by atoms with Crippen molar-refractivity contribution in [3.05, 3.63) is 0 Å². The van der Waals surface area contributed by atoms with Gasteiger partial charge in [-0.1, -0.05) is 27.7 Å². The van der Waals surface area contributed by atoms with Gasteiger partial charge in [-0.3, -0.25) is 0 Å². The normalized spacial score (nSPS) is 14.7. The highest BCUT2D eigenvalue weighted by molar-refractivity contribution is 6.91. The van der Waals surface area contributed by atoms with Crippen molar-refractivity contribution in [2.24, 2.45) is 0 Å². The van der Waals surface area contributed by atoms with Crippen LogP contribution < -0.4 is 0 Å². The van der Waals surface area contributed by atoms with E-state index in [1.807, 2.05) is 0 Å². The molecule has 0 heterocycles. The summed E-state index contributed by atoms with van der Waals surface area (Å²) in [5, 5.41) is 0.472. The van der Waals surface area contributed by atoms with Crippen LogP contribution in [0, 0.1) is 0 Å². The molecule has 0 saturated carbocycles. The van der Waals surface area contributed by atoms with Crippen molar-refractivity contribution in [2.75, 3.05) is 19.8 Å². The van der Waals surface area contributed by atoms with Crippen LogP contribution in [0.1, 0.15) is 48.5 Å². The lowest BCUT2D eigenvalue weighted by molar-refractivity contribution is 0.176. The van der Waals surface area contributed by atoms with Gasteiger partial charge in [0.15, 0.2) is 8.32 Å². The van der Waals surface area contributed by atoms with Crippen LogP contribution in [-0.2, 0) is 13.3 Å². The van der Waals surface area contributed by atoms with Crippen molar-refractivity contribution in [3.63, 3.8) is 0 Å². The molecule has 0 saturated heterocycles. The van der Waals surface area contributed by atoms with Crippen LogP contribution in [0.15, 0.2) is 0 Å². The molecular formula is C14H34O3Si2. The maximum absolute atomic E-state index is 6.30. The first-order valence-electron chi connectivity index (χ1n) is 7.94. The zero-order valence-corrected chi connectivity index (χ0v) is 16.0. The molecule has 0 aliphatic carbocycles. The minimum Gasteiger partial charge on any atom is -0.417 e. The van der Waals surface area contributed by atoms with Gasteiger partial charge in [-0.25, -0.2) is 0 Å². The molecule has 0 aromatic heterocycles. The highest BCUT2D eigenvalue weighted by atomic mass is 28.4. The highest BCUT2D eigenvalue weighted by Gasteiger charge is 2.53. The molecule has 1 atom stereocenters. The summed E-state index contributed by atoms with van der Waals surface area (Å²) in [5.74, 6) is 0. The van der Waals surface area contributed by atoms with Crippen molar-refractivity contribution in [2.45, 2.75) is 71.8 Å². The summed E-state index contributed by atoms with van der Waals surface area (Å²) in [6.45, 7) is 17.6. The zero-order chi connectivity index (χ0) is 14.9. The molecule has 0 amide bonds. The molecule has 0 fully saturated rings. The van der Waals surface area contributed by atoms with E-state index in [0.717, 1.165) is 38.0 Å². The average Bonchev–Trinajstić information content (AvgIpc) is 2.43. The van der Waals surface area contributed by atoms with E-state index in [0.29, 0.717) is 5.16 Å². The molecule has 0 N–H and O–H groups in total. The van der Waals surface area contributed by atoms with E-state index in [-0.39, 0.29) is 0 Å². The smallest absolute Gasteiger partial charge is 0.340 e. The summed E-state index contributed by atoms with van der Waals surface area (Å²) >= 11 is 0. The van der Waals surface area contributed by atoms with Crippen LogP contribution in [0.5, 0.6) is 0 Å². The third-order valence-electron chi connectivity index (χ3n) is 4.35. The van der Waals surface area contributed by atoms with Crippen molar-refractivity contribution in [3.8, 4) is 0 Å². The summed E-state index contributed by atoms with van der Waals surface area (Å²) in [5.41, 5.74) is 0. The lowest BCUT2D eigenvalue weighted by atomic mass is 10.9. The lowest BCUT2D eigenvalue weighted by Gasteiger charge is -2.44. The molecule has 0 aromatic carbocycles. The zero-order valence-electron chi connectivity index (χ0n) is 14.0. The van der Waals surface area contributed by atoms with Gasteiger partial charge in [0.25, 0.3) is 0 Å². The van der Waals surface area contributed by atoms with Gasteiger partial charge >= 0.3 is 8.56 Å². The van der Waals surface area contributed by atoms with Gasteiger partial charge in [0.1, 0.15) is 0 Å². The summed E-state index contributed by atoms with van der Waals surface area (Å²) in [6.07, 6.45) is 0. The van der Waals surface area contributed by atoms with E-state index in [9.17, 15) is 0 Å². The predicted molar refractivity (Wildman–Crippen MR) is 87.3 cm³/mol. The molecule has 116 valence electrons. The van der Waals surface area contributed by atoms with E-state index < -0.39 is 16.9 Å². The fourth-order valence-corrected chi connectivity index (χ4v) is 14.5. The summed E-state index contributed by atoms with van der Waals surface area (Å²) in [4.78, 5) is 0. The Morgan fingerprint density at radius 2 is 1.11 bits per heavy atom. The molecule has 1 unspecified atom stereocenters. The third-order valence-corrected chi connectivity index (χ3v) is 15.9. The largest absolute Gasteiger partial charge is 0.417 e. The number of rotatable bonds is 11. The Kier molecular flexibility index (Phi) is 9.44. The Hall–Kier alpha value is 0.314. The fourth-order valence-electron chi connectivity index (χ4n) is 3.17. The topological polar surface area (TPSA) is 27.7 Å². The van der Waals surface area contributed by atoms with Gasteiger partial charge in [0.05, 0.1) is 0 Å². The predicted octanol–water partition coefficient (Wildman–Crippen LogP) is 4.47. The van der Waals surface area contributed by atoms with Gasteiger partial charge in [-0.05, 0) is 38.9 Å². The van der Waals surface area contributed by atoms with Crippen LogP contribution in [0.3, 0.4) is 0 Å². The Balaban J connectivity index is 5.37. The Morgan fingerprint density at radius 1 is 0.684 bits per heavy atom. The molecule has 3 nitrogen and oxygen atoms in total. The van der Waals surface area contributed by atoms with Crippen molar-refractivity contribution in [1.82, 2.24) is 0 Å². The Labute approximate surface area is 122 Å². The molecule has 0 aliphatic heterocycles. The molecule has 0 rings (SSSR count).